The van der Waals surface area contributed by atoms with Gasteiger partial charge in [-0.2, -0.15) is 0 Å². The van der Waals surface area contributed by atoms with Gasteiger partial charge in [-0.3, -0.25) is 13.9 Å². The van der Waals surface area contributed by atoms with E-state index in [9.17, 15) is 22.4 Å². The topological polar surface area (TPSA) is 86.8 Å². The van der Waals surface area contributed by atoms with E-state index in [-0.39, 0.29) is 34.1 Å². The van der Waals surface area contributed by atoms with Crippen LogP contribution in [-0.4, -0.2) is 43.8 Å². The number of amides is 2. The lowest BCUT2D eigenvalue weighted by Crippen LogP contribution is -2.53. The van der Waals surface area contributed by atoms with Crippen molar-refractivity contribution in [2.45, 2.75) is 62.6 Å². The van der Waals surface area contributed by atoms with Crippen LogP contribution >= 0.6 is 23.2 Å². The van der Waals surface area contributed by atoms with E-state index in [2.05, 4.69) is 5.32 Å². The molecule has 0 bridgehead atoms. The van der Waals surface area contributed by atoms with E-state index in [1.54, 1.807) is 49.4 Å². The van der Waals surface area contributed by atoms with Crippen molar-refractivity contribution < 1.29 is 22.4 Å². The number of sulfonamides is 1. The summed E-state index contributed by atoms with van der Waals surface area (Å²) in [5.74, 6) is -1.71. The molecule has 1 N–H and O–H groups in total. The SMILES string of the molecule is CC(C(=O)NC1CCCCC1)N(Cc1ccccc1Cl)C(=O)CN(c1ccc(F)c(Cl)c1)S(=O)(=O)c1ccccc1. The Kier molecular flexibility index (Phi) is 10.3. The molecule has 41 heavy (non-hydrogen) atoms. The van der Waals surface area contributed by atoms with Gasteiger partial charge in [0, 0.05) is 17.6 Å². The number of nitrogens with zero attached hydrogens (tertiary/aromatic N) is 2. The van der Waals surface area contributed by atoms with Crippen molar-refractivity contribution in [3.8, 4) is 0 Å². The van der Waals surface area contributed by atoms with Crippen LogP contribution in [0.5, 0.6) is 0 Å². The molecule has 0 aliphatic heterocycles. The zero-order chi connectivity index (χ0) is 29.6. The zero-order valence-corrected chi connectivity index (χ0v) is 24.9. The normalized spacial score (nSPS) is 14.7. The lowest BCUT2D eigenvalue weighted by atomic mass is 9.95. The number of rotatable bonds is 10. The highest BCUT2D eigenvalue weighted by molar-refractivity contribution is 7.92. The van der Waals surface area contributed by atoms with Gasteiger partial charge in [-0.1, -0.05) is 78.9 Å². The Morgan fingerprint density at radius 2 is 1.61 bits per heavy atom. The van der Waals surface area contributed by atoms with Gasteiger partial charge < -0.3 is 10.2 Å². The predicted molar refractivity (Wildman–Crippen MR) is 159 cm³/mol. The summed E-state index contributed by atoms with van der Waals surface area (Å²) >= 11 is 12.4. The highest BCUT2D eigenvalue weighted by Crippen LogP contribution is 2.29. The number of nitrogens with one attached hydrogen (secondary N) is 1. The Balaban J connectivity index is 1.69. The van der Waals surface area contributed by atoms with Gasteiger partial charge in [-0.25, -0.2) is 12.8 Å². The van der Waals surface area contributed by atoms with Crippen molar-refractivity contribution in [2.24, 2.45) is 0 Å². The van der Waals surface area contributed by atoms with E-state index < -0.39 is 34.3 Å². The first kappa shape index (κ1) is 30.8. The number of halogens is 3. The van der Waals surface area contributed by atoms with Crippen LogP contribution in [0.1, 0.15) is 44.6 Å². The Hall–Kier alpha value is -3.14. The van der Waals surface area contributed by atoms with Gasteiger partial charge in [0.15, 0.2) is 0 Å². The quantitative estimate of drug-likeness (QED) is 0.293. The van der Waals surface area contributed by atoms with E-state index in [1.165, 1.54) is 23.1 Å². The Labute approximate surface area is 250 Å². The third-order valence-corrected chi connectivity index (χ3v) is 9.67. The molecule has 1 fully saturated rings. The Bertz CT molecular complexity index is 1480. The van der Waals surface area contributed by atoms with Crippen molar-refractivity contribution in [1.82, 2.24) is 10.2 Å². The molecule has 0 heterocycles. The number of hydrogen-bond donors (Lipinski definition) is 1. The molecule has 3 aromatic rings. The predicted octanol–water partition coefficient (Wildman–Crippen LogP) is 6.19. The highest BCUT2D eigenvalue weighted by atomic mass is 35.5. The first-order chi connectivity index (χ1) is 19.6. The van der Waals surface area contributed by atoms with Crippen molar-refractivity contribution in [3.05, 3.63) is 94.2 Å². The van der Waals surface area contributed by atoms with Crippen molar-refractivity contribution in [3.63, 3.8) is 0 Å². The van der Waals surface area contributed by atoms with Crippen LogP contribution in [0.25, 0.3) is 0 Å². The van der Waals surface area contributed by atoms with Crippen LogP contribution < -0.4 is 9.62 Å². The van der Waals surface area contributed by atoms with Crippen molar-refractivity contribution in [1.29, 1.82) is 0 Å². The molecular weight excluding hydrogens is 588 g/mol. The molecule has 4 rings (SSSR count). The average molecular weight is 621 g/mol. The molecule has 7 nitrogen and oxygen atoms in total. The summed E-state index contributed by atoms with van der Waals surface area (Å²) in [5, 5.41) is 3.16. The maximum Gasteiger partial charge on any atom is 0.264 e. The van der Waals surface area contributed by atoms with Gasteiger partial charge in [-0.15, -0.1) is 0 Å². The minimum Gasteiger partial charge on any atom is -0.352 e. The Morgan fingerprint density at radius 3 is 2.27 bits per heavy atom. The summed E-state index contributed by atoms with van der Waals surface area (Å²) in [6.07, 6.45) is 4.90. The van der Waals surface area contributed by atoms with Gasteiger partial charge >= 0.3 is 0 Å². The summed E-state index contributed by atoms with van der Waals surface area (Å²) in [5.41, 5.74) is 0.604. The molecule has 1 saturated carbocycles. The molecule has 2 amide bonds. The standard InChI is InChI=1S/C30H32Cl2FN3O4S/c1-21(30(38)34-23-11-4-2-5-12-23)35(19-22-10-8-9-15-26(22)31)29(37)20-36(24-16-17-28(33)27(32)18-24)41(39,40)25-13-6-3-7-14-25/h3,6-10,13-18,21,23H,2,4-5,11-12,19-20H2,1H3,(H,34,38). The van der Waals surface area contributed by atoms with Gasteiger partial charge in [-0.05, 0) is 61.7 Å². The van der Waals surface area contributed by atoms with Crippen LogP contribution in [0, 0.1) is 5.82 Å². The van der Waals surface area contributed by atoms with E-state index in [0.717, 1.165) is 48.5 Å². The maximum absolute atomic E-state index is 14.0. The third-order valence-electron chi connectivity index (χ3n) is 7.22. The zero-order valence-electron chi connectivity index (χ0n) is 22.6. The minimum atomic E-state index is -4.28. The second kappa shape index (κ2) is 13.7. The largest absolute Gasteiger partial charge is 0.352 e. The molecule has 0 radical (unpaired) electrons. The molecule has 218 valence electrons. The fraction of sp³-hybridized carbons (Fsp3) is 0.333. The molecular formula is C30H32Cl2FN3O4S. The van der Waals surface area contributed by atoms with Crippen LogP contribution in [0.3, 0.4) is 0 Å². The smallest absolute Gasteiger partial charge is 0.264 e. The van der Waals surface area contributed by atoms with E-state index in [0.29, 0.717) is 10.6 Å². The molecule has 11 heteroatoms. The number of hydrogen-bond acceptors (Lipinski definition) is 4. The molecule has 0 aromatic heterocycles. The second-order valence-corrected chi connectivity index (χ2v) is 12.7. The highest BCUT2D eigenvalue weighted by Gasteiger charge is 2.33. The molecule has 1 aliphatic rings. The van der Waals surface area contributed by atoms with Gasteiger partial charge in [0.25, 0.3) is 10.0 Å². The molecule has 0 saturated heterocycles. The second-order valence-electron chi connectivity index (χ2n) is 10.1. The summed E-state index contributed by atoms with van der Waals surface area (Å²) in [6, 6.07) is 17.1. The summed E-state index contributed by atoms with van der Waals surface area (Å²) < 4.78 is 42.5. The first-order valence-electron chi connectivity index (χ1n) is 13.4. The summed E-state index contributed by atoms with van der Waals surface area (Å²) in [4.78, 5) is 28.6. The Morgan fingerprint density at radius 1 is 0.951 bits per heavy atom. The number of carbonyl (C=O) groups excluding carboxylic acids is 2. The van der Waals surface area contributed by atoms with E-state index in [4.69, 9.17) is 23.2 Å². The number of benzene rings is 3. The lowest BCUT2D eigenvalue weighted by Gasteiger charge is -2.33. The van der Waals surface area contributed by atoms with Crippen LogP contribution in [-0.2, 0) is 26.2 Å². The van der Waals surface area contributed by atoms with E-state index >= 15 is 0 Å². The van der Waals surface area contributed by atoms with Gasteiger partial charge in [0.1, 0.15) is 18.4 Å². The van der Waals surface area contributed by atoms with Crippen LogP contribution in [0.15, 0.2) is 77.7 Å². The number of carbonyl (C=O) groups is 2. The van der Waals surface area contributed by atoms with Crippen molar-refractivity contribution in [2.75, 3.05) is 10.8 Å². The number of anilines is 1. The fourth-order valence-corrected chi connectivity index (χ4v) is 6.65. The minimum absolute atomic E-state index is 0.00519. The van der Waals surface area contributed by atoms with Gasteiger partial charge in [0.05, 0.1) is 15.6 Å². The summed E-state index contributed by atoms with van der Waals surface area (Å²) in [6.45, 7) is 0.920. The van der Waals surface area contributed by atoms with Gasteiger partial charge in [0.2, 0.25) is 11.8 Å². The molecule has 1 unspecified atom stereocenters. The molecule has 0 spiro atoms. The molecule has 1 aliphatic carbocycles. The lowest BCUT2D eigenvalue weighted by molar-refractivity contribution is -0.139. The summed E-state index contributed by atoms with van der Waals surface area (Å²) in [7, 11) is -4.28. The van der Waals surface area contributed by atoms with Crippen LogP contribution in [0.2, 0.25) is 10.0 Å². The van der Waals surface area contributed by atoms with E-state index in [1.807, 2.05) is 0 Å². The monoisotopic (exact) mass is 619 g/mol. The van der Waals surface area contributed by atoms with Crippen molar-refractivity contribution >= 4 is 50.7 Å². The first-order valence-corrected chi connectivity index (χ1v) is 15.6. The fourth-order valence-electron chi connectivity index (χ4n) is 4.85. The maximum atomic E-state index is 14.0. The average Bonchev–Trinajstić information content (AvgIpc) is 2.97. The van der Waals surface area contributed by atoms with Crippen LogP contribution in [0.4, 0.5) is 10.1 Å². The third kappa shape index (κ3) is 7.58. The molecule has 1 atom stereocenters. The molecule has 3 aromatic carbocycles.